The summed E-state index contributed by atoms with van der Waals surface area (Å²) in [4.78, 5) is 18.0. The summed E-state index contributed by atoms with van der Waals surface area (Å²) >= 11 is 1.57. The Morgan fingerprint density at radius 2 is 2.08 bits per heavy atom. The first-order valence-corrected chi connectivity index (χ1v) is 9.11. The predicted octanol–water partition coefficient (Wildman–Crippen LogP) is 4.35. The van der Waals surface area contributed by atoms with E-state index in [1.165, 1.54) is 5.56 Å². The number of carbonyl (C=O) groups excluding carboxylic acids is 1. The van der Waals surface area contributed by atoms with Crippen molar-refractivity contribution in [2.24, 2.45) is 0 Å². The van der Waals surface area contributed by atoms with Crippen LogP contribution >= 0.6 is 11.3 Å². The number of pyridine rings is 1. The highest BCUT2D eigenvalue weighted by Crippen LogP contribution is 2.23. The third kappa shape index (κ3) is 4.88. The van der Waals surface area contributed by atoms with E-state index in [2.05, 4.69) is 29.4 Å². The van der Waals surface area contributed by atoms with Crippen LogP contribution in [-0.2, 0) is 11.2 Å². The average Bonchev–Trinajstić information content (AvgIpc) is 3.15. The van der Waals surface area contributed by atoms with Crippen LogP contribution in [0.3, 0.4) is 0 Å². The number of hydrogen-bond donors (Lipinski definition) is 1. The van der Waals surface area contributed by atoms with Crippen molar-refractivity contribution in [1.82, 2.24) is 10.3 Å². The van der Waals surface area contributed by atoms with Crippen molar-refractivity contribution in [2.75, 3.05) is 6.54 Å². The molecular weight excluding hydrogens is 328 g/mol. The zero-order valence-electron chi connectivity index (χ0n) is 14.1. The SMILES string of the molecule is Cc1cccc(C=C(C(=O)NCCc2ccccn2)c2cccs2)c1. The van der Waals surface area contributed by atoms with Crippen molar-refractivity contribution in [1.29, 1.82) is 0 Å². The molecule has 1 aromatic carbocycles. The summed E-state index contributed by atoms with van der Waals surface area (Å²) in [7, 11) is 0. The molecule has 0 saturated heterocycles. The quantitative estimate of drug-likeness (QED) is 0.673. The average molecular weight is 348 g/mol. The molecule has 0 spiro atoms. The zero-order valence-corrected chi connectivity index (χ0v) is 14.9. The van der Waals surface area contributed by atoms with E-state index in [1.807, 2.05) is 53.9 Å². The molecule has 0 atom stereocenters. The summed E-state index contributed by atoms with van der Waals surface area (Å²) in [5.74, 6) is -0.0557. The second-order valence-electron chi connectivity index (χ2n) is 5.78. The molecule has 3 rings (SSSR count). The third-order valence-electron chi connectivity index (χ3n) is 3.78. The first-order chi connectivity index (χ1) is 12.2. The highest BCUT2D eigenvalue weighted by molar-refractivity contribution is 7.11. The molecule has 1 N–H and O–H groups in total. The molecule has 0 saturated carbocycles. The molecular formula is C21H20N2OS. The van der Waals surface area contributed by atoms with Gasteiger partial charge in [0.25, 0.3) is 5.91 Å². The van der Waals surface area contributed by atoms with Crippen molar-refractivity contribution in [3.63, 3.8) is 0 Å². The summed E-state index contributed by atoms with van der Waals surface area (Å²) in [6.45, 7) is 2.61. The topological polar surface area (TPSA) is 42.0 Å². The van der Waals surface area contributed by atoms with Crippen LogP contribution in [0, 0.1) is 6.92 Å². The van der Waals surface area contributed by atoms with E-state index in [0.29, 0.717) is 12.1 Å². The second kappa shape index (κ2) is 8.40. The molecule has 2 aromatic heterocycles. The molecule has 0 bridgehead atoms. The Bertz CT molecular complexity index is 855. The van der Waals surface area contributed by atoms with E-state index in [4.69, 9.17) is 0 Å². The molecule has 4 heteroatoms. The van der Waals surface area contributed by atoms with Gasteiger partial charge in [0.05, 0.1) is 5.57 Å². The van der Waals surface area contributed by atoms with Gasteiger partial charge in [0, 0.05) is 29.7 Å². The van der Waals surface area contributed by atoms with Gasteiger partial charge in [-0.25, -0.2) is 0 Å². The highest BCUT2D eigenvalue weighted by Gasteiger charge is 2.13. The molecule has 25 heavy (non-hydrogen) atoms. The number of benzene rings is 1. The maximum Gasteiger partial charge on any atom is 0.252 e. The summed E-state index contributed by atoms with van der Waals surface area (Å²) in [5, 5.41) is 5.00. The van der Waals surface area contributed by atoms with E-state index in [9.17, 15) is 4.79 Å². The third-order valence-corrected chi connectivity index (χ3v) is 4.68. The van der Waals surface area contributed by atoms with Gasteiger partial charge in [0.15, 0.2) is 0 Å². The van der Waals surface area contributed by atoms with Crippen molar-refractivity contribution < 1.29 is 4.79 Å². The summed E-state index contributed by atoms with van der Waals surface area (Å²) < 4.78 is 0. The smallest absolute Gasteiger partial charge is 0.252 e. The van der Waals surface area contributed by atoms with E-state index in [1.54, 1.807) is 17.5 Å². The van der Waals surface area contributed by atoms with Crippen LogP contribution in [-0.4, -0.2) is 17.4 Å². The minimum atomic E-state index is -0.0557. The fraction of sp³-hybridized carbons (Fsp3) is 0.143. The summed E-state index contributed by atoms with van der Waals surface area (Å²) in [5.41, 5.74) is 3.88. The van der Waals surface area contributed by atoms with Crippen LogP contribution in [0.5, 0.6) is 0 Å². The summed E-state index contributed by atoms with van der Waals surface area (Å²) in [6.07, 6.45) is 4.44. The molecule has 1 amide bonds. The molecule has 0 fully saturated rings. The molecule has 0 aliphatic rings. The van der Waals surface area contributed by atoms with Gasteiger partial charge in [-0.15, -0.1) is 11.3 Å². The summed E-state index contributed by atoms with van der Waals surface area (Å²) in [6, 6.07) is 17.9. The largest absolute Gasteiger partial charge is 0.352 e. The zero-order chi connectivity index (χ0) is 17.5. The van der Waals surface area contributed by atoms with Crippen molar-refractivity contribution in [3.8, 4) is 0 Å². The van der Waals surface area contributed by atoms with Gasteiger partial charge in [-0.05, 0) is 42.1 Å². The maximum absolute atomic E-state index is 12.7. The minimum absolute atomic E-state index is 0.0557. The van der Waals surface area contributed by atoms with Crippen LogP contribution < -0.4 is 5.32 Å². The Labute approximate surface area is 152 Å². The van der Waals surface area contributed by atoms with Crippen LogP contribution in [0.15, 0.2) is 66.2 Å². The van der Waals surface area contributed by atoms with Crippen LogP contribution in [0.1, 0.15) is 21.7 Å². The lowest BCUT2D eigenvalue weighted by atomic mass is 10.1. The van der Waals surface area contributed by atoms with Crippen molar-refractivity contribution in [3.05, 3.63) is 87.9 Å². The van der Waals surface area contributed by atoms with Crippen LogP contribution in [0.25, 0.3) is 11.6 Å². The Morgan fingerprint density at radius 3 is 2.80 bits per heavy atom. The normalized spacial score (nSPS) is 11.3. The van der Waals surface area contributed by atoms with E-state index >= 15 is 0 Å². The number of rotatable bonds is 6. The van der Waals surface area contributed by atoms with Gasteiger partial charge < -0.3 is 5.32 Å². The Balaban J connectivity index is 1.74. The molecule has 0 aliphatic heterocycles. The molecule has 3 aromatic rings. The number of nitrogens with one attached hydrogen (secondary N) is 1. The fourth-order valence-corrected chi connectivity index (χ4v) is 3.29. The monoisotopic (exact) mass is 348 g/mol. The lowest BCUT2D eigenvalue weighted by Gasteiger charge is -2.08. The number of aryl methyl sites for hydroxylation is 1. The maximum atomic E-state index is 12.7. The van der Waals surface area contributed by atoms with Gasteiger partial charge in [-0.2, -0.15) is 0 Å². The molecule has 126 valence electrons. The lowest BCUT2D eigenvalue weighted by molar-refractivity contribution is -0.115. The van der Waals surface area contributed by atoms with Gasteiger partial charge in [0.1, 0.15) is 0 Å². The van der Waals surface area contributed by atoms with Crippen molar-refractivity contribution in [2.45, 2.75) is 13.3 Å². The Hall–Kier alpha value is -2.72. The Morgan fingerprint density at radius 1 is 1.16 bits per heavy atom. The molecule has 0 aliphatic carbocycles. The van der Waals surface area contributed by atoms with E-state index in [0.717, 1.165) is 22.6 Å². The fourth-order valence-electron chi connectivity index (χ4n) is 2.55. The number of carbonyl (C=O) groups is 1. The molecule has 2 heterocycles. The van der Waals surface area contributed by atoms with E-state index < -0.39 is 0 Å². The Kier molecular flexibility index (Phi) is 5.75. The number of hydrogen-bond acceptors (Lipinski definition) is 3. The van der Waals surface area contributed by atoms with Crippen LogP contribution in [0.4, 0.5) is 0 Å². The van der Waals surface area contributed by atoms with E-state index in [-0.39, 0.29) is 5.91 Å². The van der Waals surface area contributed by atoms with Gasteiger partial charge in [-0.1, -0.05) is 42.0 Å². The number of nitrogens with zero attached hydrogens (tertiary/aromatic N) is 1. The van der Waals surface area contributed by atoms with Crippen LogP contribution in [0.2, 0.25) is 0 Å². The molecule has 0 unspecified atom stereocenters. The highest BCUT2D eigenvalue weighted by atomic mass is 32.1. The lowest BCUT2D eigenvalue weighted by Crippen LogP contribution is -2.26. The van der Waals surface area contributed by atoms with Gasteiger partial charge >= 0.3 is 0 Å². The first-order valence-electron chi connectivity index (χ1n) is 8.23. The molecule has 3 nitrogen and oxygen atoms in total. The number of aromatic nitrogens is 1. The van der Waals surface area contributed by atoms with Crippen molar-refractivity contribution >= 4 is 28.9 Å². The number of thiophene rings is 1. The number of amides is 1. The predicted molar refractivity (Wildman–Crippen MR) is 104 cm³/mol. The standard InChI is InChI=1S/C21H20N2OS/c1-16-6-4-7-17(14-16)15-19(20-9-5-13-25-20)21(24)23-12-10-18-8-2-3-11-22-18/h2-9,11,13-15H,10,12H2,1H3,(H,23,24). The van der Waals surface area contributed by atoms with Gasteiger partial charge in [-0.3, -0.25) is 9.78 Å². The first kappa shape index (κ1) is 17.1. The second-order valence-corrected chi connectivity index (χ2v) is 6.72. The van der Waals surface area contributed by atoms with Gasteiger partial charge in [0.2, 0.25) is 0 Å². The minimum Gasteiger partial charge on any atom is -0.352 e. The molecule has 0 radical (unpaired) electrons.